The summed E-state index contributed by atoms with van der Waals surface area (Å²) < 4.78 is 2.07. The molecule has 20 heavy (non-hydrogen) atoms. The number of aromatic nitrogens is 2. The Kier molecular flexibility index (Phi) is 3.51. The highest BCUT2D eigenvalue weighted by atomic mass is 15.1. The van der Waals surface area contributed by atoms with E-state index in [9.17, 15) is 0 Å². The van der Waals surface area contributed by atoms with Gasteiger partial charge in [-0.05, 0) is 36.8 Å². The minimum Gasteiger partial charge on any atom is -0.381 e. The Morgan fingerprint density at radius 2 is 2.15 bits per heavy atom. The van der Waals surface area contributed by atoms with Crippen LogP contribution in [0, 0.1) is 5.41 Å². The van der Waals surface area contributed by atoms with Crippen molar-refractivity contribution in [1.82, 2.24) is 9.55 Å². The van der Waals surface area contributed by atoms with Crippen LogP contribution in [-0.2, 0) is 0 Å². The maximum Gasteiger partial charge on any atom is 0.0992 e. The quantitative estimate of drug-likeness (QED) is 0.902. The minimum absolute atomic E-state index is 0.458. The molecule has 0 spiro atoms. The largest absolute Gasteiger partial charge is 0.381 e. The predicted molar refractivity (Wildman–Crippen MR) is 83.2 cm³/mol. The summed E-state index contributed by atoms with van der Waals surface area (Å²) in [7, 11) is 0. The molecule has 3 nitrogen and oxygen atoms in total. The highest BCUT2D eigenvalue weighted by molar-refractivity contribution is 5.61. The molecule has 0 bridgehead atoms. The Balaban J connectivity index is 1.81. The van der Waals surface area contributed by atoms with Crippen molar-refractivity contribution >= 4 is 5.69 Å². The molecule has 1 atom stereocenters. The van der Waals surface area contributed by atoms with Gasteiger partial charge in [-0.2, -0.15) is 0 Å². The minimum atomic E-state index is 0.458. The SMILES string of the molecule is CC1(C)CCCC(Nc2ccccc2-n2ccnc2)C1. The van der Waals surface area contributed by atoms with Crippen LogP contribution < -0.4 is 5.32 Å². The van der Waals surface area contributed by atoms with Crippen LogP contribution in [0.3, 0.4) is 0 Å². The third kappa shape index (κ3) is 2.87. The number of hydrogen-bond acceptors (Lipinski definition) is 2. The zero-order valence-corrected chi connectivity index (χ0v) is 12.3. The molecule has 1 aliphatic carbocycles. The van der Waals surface area contributed by atoms with Crippen LogP contribution in [0.25, 0.3) is 5.69 Å². The molecule has 1 heterocycles. The van der Waals surface area contributed by atoms with Gasteiger partial charge in [0, 0.05) is 18.4 Å². The van der Waals surface area contributed by atoms with Gasteiger partial charge in [0.1, 0.15) is 0 Å². The van der Waals surface area contributed by atoms with Crippen molar-refractivity contribution in [1.29, 1.82) is 0 Å². The fourth-order valence-corrected chi connectivity index (χ4v) is 3.26. The lowest BCUT2D eigenvalue weighted by Crippen LogP contribution is -2.32. The van der Waals surface area contributed by atoms with Gasteiger partial charge in [-0.25, -0.2) is 4.98 Å². The average Bonchev–Trinajstić information content (AvgIpc) is 2.92. The highest BCUT2D eigenvalue weighted by Gasteiger charge is 2.28. The molecule has 1 fully saturated rings. The Labute approximate surface area is 121 Å². The summed E-state index contributed by atoms with van der Waals surface area (Å²) in [5.41, 5.74) is 2.83. The molecular formula is C17H23N3. The van der Waals surface area contributed by atoms with Crippen LogP contribution in [0.2, 0.25) is 0 Å². The van der Waals surface area contributed by atoms with E-state index in [1.807, 2.05) is 18.7 Å². The van der Waals surface area contributed by atoms with Gasteiger partial charge in [0.15, 0.2) is 0 Å². The van der Waals surface area contributed by atoms with E-state index in [-0.39, 0.29) is 0 Å². The van der Waals surface area contributed by atoms with Crippen molar-refractivity contribution < 1.29 is 0 Å². The van der Waals surface area contributed by atoms with Crippen molar-refractivity contribution in [3.05, 3.63) is 43.0 Å². The first kappa shape index (κ1) is 13.2. The molecule has 1 aliphatic rings. The first-order chi connectivity index (χ1) is 9.64. The molecule has 1 saturated carbocycles. The summed E-state index contributed by atoms with van der Waals surface area (Å²) in [6.07, 6.45) is 10.8. The fourth-order valence-electron chi connectivity index (χ4n) is 3.26. The molecule has 0 amide bonds. The molecule has 1 aromatic heterocycles. The normalized spacial score (nSPS) is 21.6. The topological polar surface area (TPSA) is 29.9 Å². The zero-order valence-electron chi connectivity index (χ0n) is 12.3. The van der Waals surface area contributed by atoms with Crippen LogP contribution in [-0.4, -0.2) is 15.6 Å². The monoisotopic (exact) mass is 269 g/mol. The van der Waals surface area contributed by atoms with Gasteiger partial charge >= 0.3 is 0 Å². The van der Waals surface area contributed by atoms with E-state index < -0.39 is 0 Å². The second kappa shape index (κ2) is 5.31. The van der Waals surface area contributed by atoms with E-state index in [1.165, 1.54) is 37.1 Å². The first-order valence-electron chi connectivity index (χ1n) is 7.48. The number of hydrogen-bond donors (Lipinski definition) is 1. The molecule has 2 aromatic rings. The summed E-state index contributed by atoms with van der Waals surface area (Å²) in [5.74, 6) is 0. The molecule has 0 radical (unpaired) electrons. The van der Waals surface area contributed by atoms with Gasteiger partial charge in [0.25, 0.3) is 0 Å². The van der Waals surface area contributed by atoms with Crippen LogP contribution in [0.1, 0.15) is 39.5 Å². The van der Waals surface area contributed by atoms with Crippen LogP contribution in [0.15, 0.2) is 43.0 Å². The lowest BCUT2D eigenvalue weighted by Gasteiger charge is -2.36. The van der Waals surface area contributed by atoms with Crippen molar-refractivity contribution in [2.45, 2.75) is 45.6 Å². The van der Waals surface area contributed by atoms with Gasteiger partial charge in [-0.15, -0.1) is 0 Å². The van der Waals surface area contributed by atoms with E-state index in [1.54, 1.807) is 0 Å². The second-order valence-corrected chi connectivity index (χ2v) is 6.59. The number of imidazole rings is 1. The predicted octanol–water partition coefficient (Wildman–Crippen LogP) is 4.25. The maximum absolute atomic E-state index is 4.14. The number of nitrogens with one attached hydrogen (secondary N) is 1. The fraction of sp³-hybridized carbons (Fsp3) is 0.471. The molecule has 0 aliphatic heterocycles. The van der Waals surface area contributed by atoms with Crippen molar-refractivity contribution in [3.8, 4) is 5.69 Å². The van der Waals surface area contributed by atoms with Crippen LogP contribution in [0.4, 0.5) is 5.69 Å². The average molecular weight is 269 g/mol. The zero-order chi connectivity index (χ0) is 14.0. The second-order valence-electron chi connectivity index (χ2n) is 6.59. The van der Waals surface area contributed by atoms with Crippen molar-refractivity contribution in [2.24, 2.45) is 5.41 Å². The van der Waals surface area contributed by atoms with E-state index in [2.05, 4.69) is 53.0 Å². The Bertz CT molecular complexity index is 557. The van der Waals surface area contributed by atoms with Gasteiger partial charge < -0.3 is 9.88 Å². The summed E-state index contributed by atoms with van der Waals surface area (Å²) in [4.78, 5) is 4.14. The highest BCUT2D eigenvalue weighted by Crippen LogP contribution is 2.36. The van der Waals surface area contributed by atoms with E-state index in [0.717, 1.165) is 0 Å². The number of anilines is 1. The van der Waals surface area contributed by atoms with Gasteiger partial charge in [-0.3, -0.25) is 0 Å². The maximum atomic E-state index is 4.14. The van der Waals surface area contributed by atoms with Crippen molar-refractivity contribution in [2.75, 3.05) is 5.32 Å². The summed E-state index contributed by atoms with van der Waals surface area (Å²) in [6, 6.07) is 9.04. The van der Waals surface area contributed by atoms with Gasteiger partial charge in [0.05, 0.1) is 17.7 Å². The molecule has 1 unspecified atom stereocenters. The molecule has 1 N–H and O–H groups in total. The van der Waals surface area contributed by atoms with E-state index >= 15 is 0 Å². The number of nitrogens with zero attached hydrogens (tertiary/aromatic N) is 2. The lowest BCUT2D eigenvalue weighted by molar-refractivity contribution is 0.229. The summed E-state index contributed by atoms with van der Waals surface area (Å²) in [5, 5.41) is 3.74. The first-order valence-corrected chi connectivity index (χ1v) is 7.48. The third-order valence-electron chi connectivity index (χ3n) is 4.25. The Morgan fingerprint density at radius 1 is 1.30 bits per heavy atom. The number of benzene rings is 1. The lowest BCUT2D eigenvalue weighted by atomic mass is 9.75. The molecule has 3 rings (SSSR count). The summed E-state index contributed by atoms with van der Waals surface area (Å²) >= 11 is 0. The third-order valence-corrected chi connectivity index (χ3v) is 4.25. The number of para-hydroxylation sites is 2. The van der Waals surface area contributed by atoms with E-state index in [4.69, 9.17) is 0 Å². The van der Waals surface area contributed by atoms with Crippen LogP contribution in [0.5, 0.6) is 0 Å². The summed E-state index contributed by atoms with van der Waals surface area (Å²) in [6.45, 7) is 4.76. The Morgan fingerprint density at radius 3 is 2.90 bits per heavy atom. The smallest absolute Gasteiger partial charge is 0.0992 e. The molecule has 106 valence electrons. The van der Waals surface area contributed by atoms with Crippen molar-refractivity contribution in [3.63, 3.8) is 0 Å². The number of rotatable bonds is 3. The van der Waals surface area contributed by atoms with Gasteiger partial charge in [0.2, 0.25) is 0 Å². The Hall–Kier alpha value is -1.77. The molecule has 1 aromatic carbocycles. The standard InChI is InChI=1S/C17H23N3/c1-17(2)9-5-6-14(12-17)19-15-7-3-4-8-16(15)20-11-10-18-13-20/h3-4,7-8,10-11,13-14,19H,5-6,9,12H2,1-2H3. The van der Waals surface area contributed by atoms with E-state index in [0.29, 0.717) is 11.5 Å². The molecule has 3 heteroatoms. The molecule has 0 saturated heterocycles. The molecular weight excluding hydrogens is 246 g/mol. The van der Waals surface area contributed by atoms with Crippen LogP contribution >= 0.6 is 0 Å². The van der Waals surface area contributed by atoms with Gasteiger partial charge in [-0.1, -0.05) is 32.4 Å².